The van der Waals surface area contributed by atoms with Gasteiger partial charge in [0.15, 0.2) is 0 Å². The van der Waals surface area contributed by atoms with Crippen molar-refractivity contribution in [3.8, 4) is 0 Å². The maximum absolute atomic E-state index is 13.3. The van der Waals surface area contributed by atoms with E-state index >= 15 is 0 Å². The molecule has 0 aromatic carbocycles. The summed E-state index contributed by atoms with van der Waals surface area (Å²) in [5.74, 6) is 2.25. The lowest BCUT2D eigenvalue weighted by Gasteiger charge is -2.72. The number of ether oxygens (including phenoxy) is 1. The summed E-state index contributed by atoms with van der Waals surface area (Å²) in [7, 11) is 0. The zero-order chi connectivity index (χ0) is 23.8. The van der Waals surface area contributed by atoms with Gasteiger partial charge in [-0.3, -0.25) is 4.79 Å². The Hall–Kier alpha value is -0.830. The van der Waals surface area contributed by atoms with Crippen molar-refractivity contribution >= 4 is 5.97 Å². The third kappa shape index (κ3) is 2.27. The predicted octanol–water partition coefficient (Wildman–Crippen LogP) is 6.68. The Morgan fingerprint density at radius 1 is 0.879 bits per heavy atom. The van der Waals surface area contributed by atoms with Crippen molar-refractivity contribution in [1.82, 2.24) is 0 Å². The van der Waals surface area contributed by atoms with Crippen LogP contribution in [-0.2, 0) is 9.53 Å². The van der Waals surface area contributed by atoms with Gasteiger partial charge >= 0.3 is 5.97 Å². The van der Waals surface area contributed by atoms with E-state index < -0.39 is 5.60 Å². The van der Waals surface area contributed by atoms with Gasteiger partial charge in [0.05, 0.1) is 11.5 Å². The lowest BCUT2D eigenvalue weighted by Crippen LogP contribution is -2.67. The van der Waals surface area contributed by atoms with E-state index in [-0.39, 0.29) is 33.7 Å². The summed E-state index contributed by atoms with van der Waals surface area (Å²) in [6.45, 7) is 19.0. The normalized spacial score (nSPS) is 58.5. The zero-order valence-electron chi connectivity index (χ0n) is 21.9. The van der Waals surface area contributed by atoms with Crippen molar-refractivity contribution in [1.29, 1.82) is 0 Å². The molecular formula is C30H46O3. The molecule has 1 heterocycles. The van der Waals surface area contributed by atoms with Crippen LogP contribution >= 0.6 is 0 Å². The molecule has 1 saturated heterocycles. The van der Waals surface area contributed by atoms with Crippen molar-refractivity contribution in [2.45, 2.75) is 117 Å². The van der Waals surface area contributed by atoms with Crippen LogP contribution in [0.15, 0.2) is 12.2 Å². The van der Waals surface area contributed by atoms with Crippen LogP contribution < -0.4 is 0 Å². The Morgan fingerprint density at radius 2 is 1.58 bits per heavy atom. The number of carbonyl (C=O) groups excluding carboxylic acids is 1. The van der Waals surface area contributed by atoms with E-state index in [0.717, 1.165) is 44.1 Å². The topological polar surface area (TPSA) is 46.5 Å². The highest BCUT2D eigenvalue weighted by Gasteiger charge is 2.78. The summed E-state index contributed by atoms with van der Waals surface area (Å²) < 4.78 is 6.29. The van der Waals surface area contributed by atoms with Crippen molar-refractivity contribution in [2.24, 2.45) is 50.7 Å². The second-order valence-electron chi connectivity index (χ2n) is 14.7. The first-order valence-corrected chi connectivity index (χ1v) is 13.9. The second-order valence-corrected chi connectivity index (χ2v) is 14.7. The highest BCUT2D eigenvalue weighted by atomic mass is 16.6. The molecule has 184 valence electrons. The van der Waals surface area contributed by atoms with Crippen LogP contribution in [0.3, 0.4) is 0 Å². The van der Waals surface area contributed by atoms with E-state index in [1.54, 1.807) is 0 Å². The number of rotatable bonds is 1. The van der Waals surface area contributed by atoms with Gasteiger partial charge in [0.2, 0.25) is 0 Å². The molecule has 0 aromatic heterocycles. The van der Waals surface area contributed by atoms with Gasteiger partial charge < -0.3 is 9.84 Å². The van der Waals surface area contributed by atoms with Gasteiger partial charge in [-0.1, -0.05) is 41.2 Å². The van der Waals surface area contributed by atoms with Crippen LogP contribution in [0.4, 0.5) is 0 Å². The maximum Gasteiger partial charge on any atom is 0.313 e. The smallest absolute Gasteiger partial charge is 0.313 e. The van der Waals surface area contributed by atoms with Gasteiger partial charge in [-0.25, -0.2) is 0 Å². The van der Waals surface area contributed by atoms with Gasteiger partial charge in [-0.15, -0.1) is 0 Å². The number of hydrogen-bond donors (Lipinski definition) is 1. The molecule has 1 N–H and O–H groups in total. The molecule has 3 heteroatoms. The van der Waals surface area contributed by atoms with E-state index in [1.165, 1.54) is 25.7 Å². The van der Waals surface area contributed by atoms with Crippen LogP contribution in [0.1, 0.15) is 106 Å². The largest absolute Gasteiger partial charge is 0.454 e. The summed E-state index contributed by atoms with van der Waals surface area (Å²) >= 11 is 0. The minimum atomic E-state index is -0.412. The summed E-state index contributed by atoms with van der Waals surface area (Å²) in [5.41, 5.74) is 1.23. The number of esters is 1. The lowest BCUT2D eigenvalue weighted by atomic mass is 9.32. The number of fused-ring (bicyclic) bond motifs is 5. The molecule has 6 rings (SSSR count). The van der Waals surface area contributed by atoms with Crippen molar-refractivity contribution in [3.05, 3.63) is 12.2 Å². The van der Waals surface area contributed by atoms with Gasteiger partial charge in [0.1, 0.15) is 5.60 Å². The Labute approximate surface area is 201 Å². The summed E-state index contributed by atoms with van der Waals surface area (Å²) in [4.78, 5) is 13.3. The third-order valence-electron chi connectivity index (χ3n) is 13.9. The van der Waals surface area contributed by atoms with E-state index in [2.05, 4.69) is 48.1 Å². The van der Waals surface area contributed by atoms with Crippen LogP contribution in [-0.4, -0.2) is 22.8 Å². The van der Waals surface area contributed by atoms with E-state index in [9.17, 15) is 9.90 Å². The molecule has 33 heavy (non-hydrogen) atoms. The van der Waals surface area contributed by atoms with Gasteiger partial charge in [-0.05, 0) is 116 Å². The fourth-order valence-corrected chi connectivity index (χ4v) is 11.9. The molecule has 6 aliphatic rings. The molecule has 3 nitrogen and oxygen atoms in total. The quantitative estimate of drug-likeness (QED) is 0.355. The fourth-order valence-electron chi connectivity index (χ4n) is 11.9. The molecular weight excluding hydrogens is 408 g/mol. The monoisotopic (exact) mass is 454 g/mol. The molecule has 10 atom stereocenters. The Kier molecular flexibility index (Phi) is 4.31. The third-order valence-corrected chi connectivity index (χ3v) is 13.9. The van der Waals surface area contributed by atoms with Crippen LogP contribution in [0, 0.1) is 50.7 Å². The molecule has 6 fully saturated rings. The molecule has 5 saturated carbocycles. The first-order chi connectivity index (χ1) is 15.3. The molecule has 0 radical (unpaired) electrons. The lowest BCUT2D eigenvalue weighted by molar-refractivity contribution is -0.245. The van der Waals surface area contributed by atoms with Crippen LogP contribution in [0.25, 0.3) is 0 Å². The maximum atomic E-state index is 13.3. The summed E-state index contributed by atoms with van der Waals surface area (Å²) in [5, 5.41) is 10.9. The van der Waals surface area contributed by atoms with E-state index in [0.29, 0.717) is 29.1 Å². The standard InChI is InChI=1S/C30H46O3/c1-18(2)30-17-16-29(24(32)33-30)15-14-27(6)19(23(29)30)8-9-21-26(5)12-11-22(31)25(3,4)20(26)10-13-28(21,27)7/h19-23,31H,1,8-17H2,2-7H3/t19-,20+,21-,22-,23-,26-,27+,28+,29+,30+/m0/s1. The molecule has 1 aliphatic heterocycles. The van der Waals surface area contributed by atoms with Crippen molar-refractivity contribution < 1.29 is 14.6 Å². The molecule has 0 spiro atoms. The minimum Gasteiger partial charge on any atom is -0.454 e. The van der Waals surface area contributed by atoms with Gasteiger partial charge in [0.25, 0.3) is 0 Å². The Bertz CT molecular complexity index is 922. The number of hydrogen-bond acceptors (Lipinski definition) is 3. The molecule has 0 amide bonds. The summed E-state index contributed by atoms with van der Waals surface area (Å²) in [6, 6.07) is 0. The highest BCUT2D eigenvalue weighted by Crippen LogP contribution is 2.79. The first kappa shape index (κ1) is 22.6. The first-order valence-electron chi connectivity index (χ1n) is 13.9. The zero-order valence-corrected chi connectivity index (χ0v) is 21.9. The predicted molar refractivity (Wildman–Crippen MR) is 130 cm³/mol. The molecule has 0 unspecified atom stereocenters. The molecule has 2 bridgehead atoms. The SMILES string of the molecule is C=C(C)[C@]12CC[C@@]3(CC[C@]4(C)[C@@H](CC[C@H]5[C@@]6(C)CC[C@H](O)C(C)(C)[C@H]6CC[C@]54C)[C@@H]31)C(=O)O2. The van der Waals surface area contributed by atoms with Crippen LogP contribution in [0.2, 0.25) is 0 Å². The van der Waals surface area contributed by atoms with E-state index in [1.807, 2.05) is 0 Å². The van der Waals surface area contributed by atoms with Crippen molar-refractivity contribution in [3.63, 3.8) is 0 Å². The Morgan fingerprint density at radius 3 is 2.24 bits per heavy atom. The van der Waals surface area contributed by atoms with Crippen molar-refractivity contribution in [2.75, 3.05) is 0 Å². The van der Waals surface area contributed by atoms with Gasteiger partial charge in [0, 0.05) is 5.92 Å². The average molecular weight is 455 g/mol. The molecule has 5 aliphatic carbocycles. The second kappa shape index (κ2) is 6.29. The number of aliphatic hydroxyl groups excluding tert-OH is 1. The number of aliphatic hydroxyl groups is 1. The average Bonchev–Trinajstić information content (AvgIpc) is 3.21. The number of carbonyl (C=O) groups is 1. The van der Waals surface area contributed by atoms with Crippen LogP contribution in [0.5, 0.6) is 0 Å². The molecule has 0 aromatic rings. The fraction of sp³-hybridized carbons (Fsp3) is 0.900. The van der Waals surface area contributed by atoms with E-state index in [4.69, 9.17) is 4.74 Å². The Balaban J connectivity index is 1.43. The van der Waals surface area contributed by atoms with Gasteiger partial charge in [-0.2, -0.15) is 0 Å². The summed E-state index contributed by atoms with van der Waals surface area (Å²) in [6.07, 6.45) is 11.1. The highest BCUT2D eigenvalue weighted by molar-refractivity contribution is 5.83. The minimum absolute atomic E-state index is 0.00244.